The molecule has 0 saturated carbocycles. The molecule has 3 aromatic rings. The van der Waals surface area contributed by atoms with Gasteiger partial charge in [0.15, 0.2) is 0 Å². The van der Waals surface area contributed by atoms with Crippen LogP contribution in [0, 0.1) is 6.92 Å². The maximum atomic E-state index is 12.1. The van der Waals surface area contributed by atoms with Crippen molar-refractivity contribution in [3.05, 3.63) is 89.7 Å². The van der Waals surface area contributed by atoms with Crippen LogP contribution in [-0.2, 0) is 11.3 Å². The van der Waals surface area contributed by atoms with Gasteiger partial charge in [0.05, 0.1) is 5.56 Å². The van der Waals surface area contributed by atoms with Crippen LogP contribution in [0.25, 0.3) is 5.69 Å². The third kappa shape index (κ3) is 3.26. The summed E-state index contributed by atoms with van der Waals surface area (Å²) in [6.45, 7) is 2.33. The maximum absolute atomic E-state index is 12.1. The molecule has 0 aliphatic rings. The van der Waals surface area contributed by atoms with Crippen molar-refractivity contribution >= 4 is 5.97 Å². The monoisotopic (exact) mass is 291 g/mol. The number of rotatable bonds is 4. The second-order valence-electron chi connectivity index (χ2n) is 5.20. The zero-order valence-electron chi connectivity index (χ0n) is 12.4. The highest BCUT2D eigenvalue weighted by Crippen LogP contribution is 2.13. The number of aromatic nitrogens is 1. The highest BCUT2D eigenvalue weighted by atomic mass is 16.5. The van der Waals surface area contributed by atoms with Gasteiger partial charge in [0, 0.05) is 18.1 Å². The van der Waals surface area contributed by atoms with E-state index < -0.39 is 0 Å². The lowest BCUT2D eigenvalue weighted by Gasteiger charge is -2.04. The predicted molar refractivity (Wildman–Crippen MR) is 86.1 cm³/mol. The summed E-state index contributed by atoms with van der Waals surface area (Å²) in [4.78, 5) is 12.1. The molecule has 1 aromatic heterocycles. The Balaban J connectivity index is 1.68. The Bertz CT molecular complexity index is 758. The fourth-order valence-corrected chi connectivity index (χ4v) is 2.20. The van der Waals surface area contributed by atoms with Gasteiger partial charge in [0.1, 0.15) is 6.61 Å². The average molecular weight is 291 g/mol. The zero-order valence-corrected chi connectivity index (χ0v) is 12.4. The summed E-state index contributed by atoms with van der Waals surface area (Å²) >= 11 is 0. The van der Waals surface area contributed by atoms with Gasteiger partial charge in [-0.05, 0) is 30.7 Å². The van der Waals surface area contributed by atoms with Gasteiger partial charge < -0.3 is 9.30 Å². The van der Waals surface area contributed by atoms with E-state index >= 15 is 0 Å². The van der Waals surface area contributed by atoms with Crippen LogP contribution in [0.4, 0.5) is 0 Å². The molecule has 0 fully saturated rings. The lowest BCUT2D eigenvalue weighted by molar-refractivity contribution is 0.0473. The molecule has 3 heteroatoms. The summed E-state index contributed by atoms with van der Waals surface area (Å²) in [5, 5.41) is 0. The minimum atomic E-state index is -0.310. The molecule has 0 radical (unpaired) electrons. The van der Waals surface area contributed by atoms with Crippen molar-refractivity contribution in [1.29, 1.82) is 0 Å². The van der Waals surface area contributed by atoms with E-state index in [4.69, 9.17) is 4.74 Å². The number of esters is 1. The van der Waals surface area contributed by atoms with Crippen molar-refractivity contribution in [1.82, 2.24) is 4.57 Å². The Kier molecular flexibility index (Phi) is 4.05. The number of hydrogen-bond acceptors (Lipinski definition) is 2. The first-order valence-corrected chi connectivity index (χ1v) is 7.18. The molecule has 0 N–H and O–H groups in total. The van der Waals surface area contributed by atoms with Crippen molar-refractivity contribution in [3.8, 4) is 5.69 Å². The highest BCUT2D eigenvalue weighted by Gasteiger charge is 2.09. The van der Waals surface area contributed by atoms with Gasteiger partial charge in [-0.2, -0.15) is 0 Å². The normalized spacial score (nSPS) is 10.4. The summed E-state index contributed by atoms with van der Waals surface area (Å²) in [6.07, 6.45) is 3.65. The van der Waals surface area contributed by atoms with Crippen molar-refractivity contribution in [3.63, 3.8) is 0 Å². The van der Waals surface area contributed by atoms with E-state index in [0.29, 0.717) is 5.56 Å². The van der Waals surface area contributed by atoms with Gasteiger partial charge >= 0.3 is 5.97 Å². The molecule has 0 amide bonds. The second kappa shape index (κ2) is 6.31. The Morgan fingerprint density at radius 2 is 1.73 bits per heavy atom. The van der Waals surface area contributed by atoms with E-state index in [1.54, 1.807) is 12.3 Å². The average Bonchev–Trinajstić information content (AvgIpc) is 3.04. The van der Waals surface area contributed by atoms with Gasteiger partial charge in [0.2, 0.25) is 0 Å². The summed E-state index contributed by atoms with van der Waals surface area (Å²) < 4.78 is 7.25. The molecular weight excluding hydrogens is 274 g/mol. The fourth-order valence-electron chi connectivity index (χ4n) is 2.20. The smallest absolute Gasteiger partial charge is 0.340 e. The van der Waals surface area contributed by atoms with Gasteiger partial charge in [-0.1, -0.05) is 48.0 Å². The summed E-state index contributed by atoms with van der Waals surface area (Å²) in [5.41, 5.74) is 3.76. The fraction of sp³-hybridized carbons (Fsp3) is 0.105. The summed E-state index contributed by atoms with van der Waals surface area (Å²) in [5.74, 6) is -0.310. The minimum Gasteiger partial charge on any atom is -0.457 e. The predicted octanol–water partition coefficient (Wildman–Crippen LogP) is 4.14. The molecule has 3 rings (SSSR count). The van der Waals surface area contributed by atoms with Gasteiger partial charge in [-0.15, -0.1) is 0 Å². The number of carbonyl (C=O) groups is 1. The molecular formula is C19H17NO2. The highest BCUT2D eigenvalue weighted by molar-refractivity contribution is 5.89. The molecule has 0 bridgehead atoms. The van der Waals surface area contributed by atoms with Gasteiger partial charge in [-0.25, -0.2) is 4.79 Å². The van der Waals surface area contributed by atoms with E-state index in [0.717, 1.165) is 11.3 Å². The molecule has 110 valence electrons. The first-order valence-electron chi connectivity index (χ1n) is 7.18. The van der Waals surface area contributed by atoms with E-state index in [1.165, 1.54) is 5.56 Å². The number of benzene rings is 2. The molecule has 0 aliphatic carbocycles. The van der Waals surface area contributed by atoms with Crippen LogP contribution in [0.5, 0.6) is 0 Å². The standard InChI is InChI=1S/C19H17NO2/c1-15-7-9-18(10-8-15)20-12-11-17(13-20)19(21)22-14-16-5-3-2-4-6-16/h2-13H,14H2,1H3. The first-order chi connectivity index (χ1) is 10.7. The number of carbonyl (C=O) groups excluding carboxylic acids is 1. The Labute approximate surface area is 129 Å². The van der Waals surface area contributed by atoms with Crippen LogP contribution in [-0.4, -0.2) is 10.5 Å². The van der Waals surface area contributed by atoms with E-state index in [1.807, 2.05) is 72.3 Å². The van der Waals surface area contributed by atoms with Crippen LogP contribution < -0.4 is 0 Å². The number of aryl methyl sites for hydroxylation is 1. The van der Waals surface area contributed by atoms with Crippen LogP contribution >= 0.6 is 0 Å². The zero-order chi connectivity index (χ0) is 15.4. The van der Waals surface area contributed by atoms with Crippen molar-refractivity contribution in [2.24, 2.45) is 0 Å². The third-order valence-corrected chi connectivity index (χ3v) is 3.47. The van der Waals surface area contributed by atoms with Crippen molar-refractivity contribution < 1.29 is 9.53 Å². The van der Waals surface area contributed by atoms with Crippen LogP contribution in [0.1, 0.15) is 21.5 Å². The van der Waals surface area contributed by atoms with Crippen molar-refractivity contribution in [2.45, 2.75) is 13.5 Å². The maximum Gasteiger partial charge on any atom is 0.340 e. The molecule has 0 spiro atoms. The molecule has 0 saturated heterocycles. The first kappa shape index (κ1) is 14.1. The Morgan fingerprint density at radius 3 is 2.45 bits per heavy atom. The quantitative estimate of drug-likeness (QED) is 0.676. The van der Waals surface area contributed by atoms with E-state index in [2.05, 4.69) is 0 Å². The number of nitrogens with zero attached hydrogens (tertiary/aromatic N) is 1. The van der Waals surface area contributed by atoms with Gasteiger partial charge in [-0.3, -0.25) is 0 Å². The minimum absolute atomic E-state index is 0.287. The van der Waals surface area contributed by atoms with Gasteiger partial charge in [0.25, 0.3) is 0 Å². The van der Waals surface area contributed by atoms with Crippen LogP contribution in [0.15, 0.2) is 73.1 Å². The van der Waals surface area contributed by atoms with Crippen LogP contribution in [0.2, 0.25) is 0 Å². The lowest BCUT2D eigenvalue weighted by Crippen LogP contribution is -2.04. The van der Waals surface area contributed by atoms with Crippen molar-refractivity contribution in [2.75, 3.05) is 0 Å². The third-order valence-electron chi connectivity index (χ3n) is 3.47. The Hall–Kier alpha value is -2.81. The second-order valence-corrected chi connectivity index (χ2v) is 5.20. The molecule has 1 heterocycles. The summed E-state index contributed by atoms with van der Waals surface area (Å²) in [7, 11) is 0. The molecule has 0 atom stereocenters. The Morgan fingerprint density at radius 1 is 1.00 bits per heavy atom. The summed E-state index contributed by atoms with van der Waals surface area (Å²) in [6, 6.07) is 19.6. The molecule has 22 heavy (non-hydrogen) atoms. The molecule has 0 unspecified atom stereocenters. The van der Waals surface area contributed by atoms with E-state index in [-0.39, 0.29) is 12.6 Å². The van der Waals surface area contributed by atoms with E-state index in [9.17, 15) is 4.79 Å². The number of ether oxygens (including phenoxy) is 1. The lowest BCUT2D eigenvalue weighted by atomic mass is 10.2. The largest absolute Gasteiger partial charge is 0.457 e. The molecule has 0 aliphatic heterocycles. The molecule has 2 aromatic carbocycles. The SMILES string of the molecule is Cc1ccc(-n2ccc(C(=O)OCc3ccccc3)c2)cc1. The molecule has 3 nitrogen and oxygen atoms in total. The number of hydrogen-bond donors (Lipinski definition) is 0. The topological polar surface area (TPSA) is 31.2 Å². The van der Waals surface area contributed by atoms with Crippen LogP contribution in [0.3, 0.4) is 0 Å².